The number of benzene rings is 3. The van der Waals surface area contributed by atoms with Crippen LogP contribution in [0.5, 0.6) is 5.75 Å². The predicted octanol–water partition coefficient (Wildman–Crippen LogP) is 6.85. The maximum atomic E-state index is 12.9. The number of carbonyl (C=O) groups excluding carboxylic acids is 1. The van der Waals surface area contributed by atoms with Crippen LogP contribution in [0.25, 0.3) is 32.8 Å². The van der Waals surface area contributed by atoms with Crippen LogP contribution in [0.3, 0.4) is 0 Å². The van der Waals surface area contributed by atoms with Gasteiger partial charge in [-0.2, -0.15) is 10.2 Å². The Bertz CT molecular complexity index is 2150. The van der Waals surface area contributed by atoms with E-state index in [-0.39, 0.29) is 25.6 Å². The molecule has 0 saturated heterocycles. The van der Waals surface area contributed by atoms with Gasteiger partial charge in [0.05, 0.1) is 42.3 Å². The number of hydrogen-bond acceptors (Lipinski definition) is 8. The third-order valence-corrected chi connectivity index (χ3v) is 10.1. The topological polar surface area (TPSA) is 117 Å². The van der Waals surface area contributed by atoms with Crippen LogP contribution in [0.15, 0.2) is 59.5 Å². The molecule has 12 heteroatoms. The fourth-order valence-corrected chi connectivity index (χ4v) is 7.58. The second kappa shape index (κ2) is 14.1. The van der Waals surface area contributed by atoms with Crippen LogP contribution >= 0.6 is 23.4 Å². The molecule has 3 heterocycles. The van der Waals surface area contributed by atoms with Crippen molar-refractivity contribution in [3.63, 3.8) is 0 Å². The molecule has 0 bridgehead atoms. The lowest BCUT2D eigenvalue weighted by molar-refractivity contribution is 0.0589. The van der Waals surface area contributed by atoms with Crippen LogP contribution in [0.1, 0.15) is 45.2 Å². The van der Waals surface area contributed by atoms with Crippen molar-refractivity contribution in [3.05, 3.63) is 93.7 Å². The molecule has 3 aromatic carbocycles. The van der Waals surface area contributed by atoms with Crippen LogP contribution in [-0.2, 0) is 56.0 Å². The van der Waals surface area contributed by atoms with Crippen molar-refractivity contribution in [1.82, 2.24) is 24.1 Å². The predicted molar refractivity (Wildman–Crippen MR) is 188 cm³/mol. The van der Waals surface area contributed by atoms with Gasteiger partial charge in [0.15, 0.2) is 0 Å². The summed E-state index contributed by atoms with van der Waals surface area (Å²) in [7, 11) is 6.99. The number of fused-ring (bicyclic) bond motifs is 2. The molecule has 0 unspecified atom stereocenters. The van der Waals surface area contributed by atoms with Crippen molar-refractivity contribution < 1.29 is 24.5 Å². The van der Waals surface area contributed by atoms with E-state index >= 15 is 0 Å². The molecule has 0 radical (unpaired) electrons. The number of rotatable bonds is 12. The maximum absolute atomic E-state index is 12.9. The Labute approximate surface area is 287 Å². The number of aryl methyl sites for hydroxylation is 4. The van der Waals surface area contributed by atoms with Crippen LogP contribution in [0, 0.1) is 6.92 Å². The third kappa shape index (κ3) is 6.30. The number of aromatic hydroxyl groups is 1. The van der Waals surface area contributed by atoms with Gasteiger partial charge < -0.3 is 24.3 Å². The molecule has 6 aromatic rings. The molecule has 0 atom stereocenters. The fourth-order valence-electron chi connectivity index (χ4n) is 6.34. The Morgan fingerprint density at radius 1 is 0.979 bits per heavy atom. The minimum atomic E-state index is -0.446. The molecule has 0 aliphatic carbocycles. The van der Waals surface area contributed by atoms with Gasteiger partial charge in [-0.25, -0.2) is 4.79 Å². The lowest BCUT2D eigenvalue weighted by Crippen LogP contribution is -2.10. The molecule has 0 aliphatic rings. The Morgan fingerprint density at radius 2 is 1.77 bits per heavy atom. The number of esters is 1. The van der Waals surface area contributed by atoms with E-state index < -0.39 is 5.97 Å². The molecular weight excluding hydrogens is 650 g/mol. The molecular formula is C36H38ClN5O5S. The highest BCUT2D eigenvalue weighted by Gasteiger charge is 2.27. The van der Waals surface area contributed by atoms with Crippen molar-refractivity contribution in [2.45, 2.75) is 43.6 Å². The number of nitrogens with zero attached hydrogens (tertiary/aromatic N) is 5. The highest BCUT2D eigenvalue weighted by molar-refractivity contribution is 7.98. The summed E-state index contributed by atoms with van der Waals surface area (Å²) in [6.45, 7) is 2.48. The first-order valence-electron chi connectivity index (χ1n) is 15.6. The molecule has 6 rings (SSSR count). The SMILES string of the molecule is COC(=O)c1c(CCCO)c2ccc(Cl)c(-c3c(COCc4cc(CSc5cc(O)c6ccccc6c5)n(C)n4)nn(C)c3C)c2n1C. The quantitative estimate of drug-likeness (QED) is 0.106. The minimum Gasteiger partial charge on any atom is -0.507 e. The van der Waals surface area contributed by atoms with E-state index in [2.05, 4.69) is 11.2 Å². The van der Waals surface area contributed by atoms with Gasteiger partial charge in [0.1, 0.15) is 11.4 Å². The number of aliphatic hydroxyl groups is 1. The zero-order valence-corrected chi connectivity index (χ0v) is 29.2. The minimum absolute atomic E-state index is 0.00620. The molecule has 0 amide bonds. The Kier molecular flexibility index (Phi) is 9.84. The van der Waals surface area contributed by atoms with Gasteiger partial charge in [0, 0.05) is 71.7 Å². The molecule has 48 heavy (non-hydrogen) atoms. The van der Waals surface area contributed by atoms with E-state index in [1.54, 1.807) is 22.5 Å². The van der Waals surface area contributed by atoms with E-state index in [9.17, 15) is 15.0 Å². The van der Waals surface area contributed by atoms with Crippen molar-refractivity contribution in [2.75, 3.05) is 13.7 Å². The van der Waals surface area contributed by atoms with Crippen molar-refractivity contribution in [1.29, 1.82) is 0 Å². The summed E-state index contributed by atoms with van der Waals surface area (Å²) >= 11 is 8.57. The molecule has 0 spiro atoms. The van der Waals surface area contributed by atoms with Gasteiger partial charge in [0.25, 0.3) is 0 Å². The van der Waals surface area contributed by atoms with Crippen LogP contribution in [0.2, 0.25) is 5.02 Å². The normalized spacial score (nSPS) is 11.6. The summed E-state index contributed by atoms with van der Waals surface area (Å²) in [5.41, 5.74) is 7.08. The first-order valence-corrected chi connectivity index (χ1v) is 16.9. The number of methoxy groups -OCH3 is 1. The van der Waals surface area contributed by atoms with Crippen LogP contribution in [-0.4, -0.2) is 54.0 Å². The average molecular weight is 688 g/mol. The molecule has 0 aliphatic heterocycles. The molecule has 10 nitrogen and oxygen atoms in total. The number of phenolic OH excluding ortho intramolecular Hbond substituents is 1. The van der Waals surface area contributed by atoms with Gasteiger partial charge in [0.2, 0.25) is 0 Å². The highest BCUT2D eigenvalue weighted by atomic mass is 35.5. The Hall–Kier alpha value is -4.29. The highest BCUT2D eigenvalue weighted by Crippen LogP contribution is 2.42. The smallest absolute Gasteiger partial charge is 0.354 e. The number of phenols is 1. The maximum Gasteiger partial charge on any atom is 0.354 e. The van der Waals surface area contributed by atoms with Gasteiger partial charge in [-0.1, -0.05) is 41.9 Å². The van der Waals surface area contributed by atoms with E-state index in [4.69, 9.17) is 26.2 Å². The Morgan fingerprint density at radius 3 is 2.54 bits per heavy atom. The molecule has 3 aromatic heterocycles. The molecule has 2 N–H and O–H groups in total. The van der Waals surface area contributed by atoms with Gasteiger partial charge in [-0.3, -0.25) is 9.36 Å². The van der Waals surface area contributed by atoms with E-state index in [1.165, 1.54) is 7.11 Å². The standard InChI is InChI=1S/C36H38ClN5O5S/c1-21-32(33-29(37)13-12-28-27(11-8-14-43)35(36(45)46-5)40(2)34(28)33)30(39-41(21)3)19-47-18-23-16-24(42(4)38-23)20-48-25-15-22-9-6-7-10-26(22)31(44)17-25/h6-7,9-10,12-13,15-17,43-44H,8,11,14,18-20H2,1-5H3. The van der Waals surface area contributed by atoms with Crippen LogP contribution in [0.4, 0.5) is 0 Å². The molecule has 0 saturated carbocycles. The lowest BCUT2D eigenvalue weighted by Gasteiger charge is -2.12. The number of aromatic nitrogens is 5. The van der Waals surface area contributed by atoms with E-state index in [0.717, 1.165) is 60.3 Å². The van der Waals surface area contributed by atoms with E-state index in [1.807, 2.05) is 79.8 Å². The second-order valence-corrected chi connectivity index (χ2v) is 13.2. The zero-order chi connectivity index (χ0) is 34.1. The van der Waals surface area contributed by atoms with Crippen molar-refractivity contribution in [2.24, 2.45) is 21.1 Å². The summed E-state index contributed by atoms with van der Waals surface area (Å²) in [6, 6.07) is 17.5. The van der Waals surface area contributed by atoms with E-state index in [0.29, 0.717) is 35.0 Å². The summed E-state index contributed by atoms with van der Waals surface area (Å²) in [5, 5.41) is 32.7. The number of hydrogen-bond donors (Lipinski definition) is 2. The fraction of sp³-hybridized carbons (Fsp3) is 0.306. The van der Waals surface area contributed by atoms with Crippen molar-refractivity contribution in [3.8, 4) is 16.9 Å². The largest absolute Gasteiger partial charge is 0.507 e. The first kappa shape index (κ1) is 33.6. The zero-order valence-electron chi connectivity index (χ0n) is 27.6. The van der Waals surface area contributed by atoms with Gasteiger partial charge >= 0.3 is 5.97 Å². The number of ether oxygens (including phenoxy) is 2. The van der Waals surface area contributed by atoms with Crippen molar-refractivity contribution >= 4 is 51.0 Å². The first-order chi connectivity index (χ1) is 23.1. The second-order valence-electron chi connectivity index (χ2n) is 11.7. The monoisotopic (exact) mass is 687 g/mol. The van der Waals surface area contributed by atoms with Gasteiger partial charge in [-0.15, -0.1) is 11.8 Å². The Balaban J connectivity index is 1.24. The summed E-state index contributed by atoms with van der Waals surface area (Å²) in [6.07, 6.45) is 1.02. The number of thioether (sulfide) groups is 1. The summed E-state index contributed by atoms with van der Waals surface area (Å²) in [4.78, 5) is 13.9. The van der Waals surface area contributed by atoms with Gasteiger partial charge in [-0.05, 0) is 55.0 Å². The number of aliphatic hydroxyl groups excluding tert-OH is 1. The lowest BCUT2D eigenvalue weighted by atomic mass is 9.98. The summed E-state index contributed by atoms with van der Waals surface area (Å²) in [5.74, 6) is 0.506. The van der Waals surface area contributed by atoms with Crippen LogP contribution < -0.4 is 0 Å². The molecule has 250 valence electrons. The number of halogens is 1. The molecule has 0 fully saturated rings. The number of carbonyl (C=O) groups is 1. The average Bonchev–Trinajstić information content (AvgIpc) is 3.67. The third-order valence-electron chi connectivity index (χ3n) is 8.75. The summed E-state index contributed by atoms with van der Waals surface area (Å²) < 4.78 is 16.8.